The van der Waals surface area contributed by atoms with Crippen LogP contribution in [0.15, 0.2) is 28.9 Å². The highest BCUT2D eigenvalue weighted by molar-refractivity contribution is 5.78. The van der Waals surface area contributed by atoms with Gasteiger partial charge in [-0.15, -0.1) is 0 Å². The molecular weight excluding hydrogens is 181 g/mol. The van der Waals surface area contributed by atoms with Crippen molar-refractivity contribution in [2.24, 2.45) is 5.73 Å². The zero-order chi connectivity index (χ0) is 10.1. The van der Waals surface area contributed by atoms with Crippen molar-refractivity contribution < 1.29 is 8.81 Å². The molecule has 2 aromatic rings. The Morgan fingerprint density at radius 2 is 2.29 bits per heavy atom. The van der Waals surface area contributed by atoms with E-state index in [0.717, 1.165) is 18.2 Å². The predicted octanol–water partition coefficient (Wildman–Crippen LogP) is 2.46. The van der Waals surface area contributed by atoms with Crippen molar-refractivity contribution >= 4 is 11.0 Å². The minimum atomic E-state index is -0.313. The van der Waals surface area contributed by atoms with Crippen LogP contribution in [-0.2, 0) is 6.42 Å². The molecule has 2 nitrogen and oxygen atoms in total. The van der Waals surface area contributed by atoms with Crippen LogP contribution in [0.25, 0.3) is 11.0 Å². The highest BCUT2D eigenvalue weighted by atomic mass is 19.1. The zero-order valence-corrected chi connectivity index (χ0v) is 7.96. The van der Waals surface area contributed by atoms with E-state index in [9.17, 15) is 4.39 Å². The molecule has 1 heterocycles. The van der Waals surface area contributed by atoms with Gasteiger partial charge in [0.15, 0.2) is 5.82 Å². The molecule has 0 saturated heterocycles. The normalized spacial score (nSPS) is 13.4. The molecule has 1 unspecified atom stereocenters. The number of hydrogen-bond donors (Lipinski definition) is 1. The van der Waals surface area contributed by atoms with E-state index in [4.69, 9.17) is 10.2 Å². The number of halogens is 1. The predicted molar refractivity (Wildman–Crippen MR) is 53.5 cm³/mol. The first-order valence-corrected chi connectivity index (χ1v) is 4.58. The first kappa shape index (κ1) is 9.21. The summed E-state index contributed by atoms with van der Waals surface area (Å²) in [6, 6.07) is 5.56. The Morgan fingerprint density at radius 3 is 3.00 bits per heavy atom. The van der Waals surface area contributed by atoms with E-state index in [1.807, 2.05) is 13.0 Å². The second kappa shape index (κ2) is 3.42. The molecule has 0 spiro atoms. The second-order valence-corrected chi connectivity index (χ2v) is 3.60. The van der Waals surface area contributed by atoms with Crippen LogP contribution >= 0.6 is 0 Å². The molecule has 14 heavy (non-hydrogen) atoms. The van der Waals surface area contributed by atoms with Crippen molar-refractivity contribution in [2.75, 3.05) is 0 Å². The standard InChI is InChI=1S/C11H12FNO/c1-7(13)4-8-2-3-11-9(5-8)10(12)6-14-11/h2-3,5-7H,4,13H2,1H3. The molecule has 0 bridgehead atoms. The number of nitrogens with two attached hydrogens (primary N) is 1. The van der Waals surface area contributed by atoms with Crippen molar-refractivity contribution in [1.29, 1.82) is 0 Å². The maximum Gasteiger partial charge on any atom is 0.169 e. The number of fused-ring (bicyclic) bond motifs is 1. The number of benzene rings is 1. The highest BCUT2D eigenvalue weighted by Gasteiger charge is 2.06. The maximum absolute atomic E-state index is 13.1. The van der Waals surface area contributed by atoms with E-state index in [1.54, 1.807) is 12.1 Å². The molecule has 0 saturated carbocycles. The lowest BCUT2D eigenvalue weighted by atomic mass is 10.1. The highest BCUT2D eigenvalue weighted by Crippen LogP contribution is 2.21. The zero-order valence-electron chi connectivity index (χ0n) is 7.96. The molecule has 2 rings (SSSR count). The van der Waals surface area contributed by atoms with Crippen molar-refractivity contribution in [1.82, 2.24) is 0 Å². The summed E-state index contributed by atoms with van der Waals surface area (Å²) >= 11 is 0. The lowest BCUT2D eigenvalue weighted by Gasteiger charge is -2.04. The fourth-order valence-electron chi connectivity index (χ4n) is 1.54. The van der Waals surface area contributed by atoms with Gasteiger partial charge in [-0.3, -0.25) is 0 Å². The van der Waals surface area contributed by atoms with Crippen LogP contribution in [0.4, 0.5) is 4.39 Å². The Bertz CT molecular complexity index is 447. The molecule has 0 aliphatic rings. The Labute approximate surface area is 81.5 Å². The summed E-state index contributed by atoms with van der Waals surface area (Å²) in [4.78, 5) is 0. The van der Waals surface area contributed by atoms with Gasteiger partial charge in [-0.2, -0.15) is 0 Å². The van der Waals surface area contributed by atoms with Gasteiger partial charge in [-0.1, -0.05) is 6.07 Å². The van der Waals surface area contributed by atoms with Gasteiger partial charge in [0, 0.05) is 6.04 Å². The van der Waals surface area contributed by atoms with Gasteiger partial charge < -0.3 is 10.2 Å². The maximum atomic E-state index is 13.1. The average molecular weight is 193 g/mol. The summed E-state index contributed by atoms with van der Waals surface area (Å²) in [5.74, 6) is -0.313. The Morgan fingerprint density at radius 1 is 1.50 bits per heavy atom. The fourth-order valence-corrected chi connectivity index (χ4v) is 1.54. The quantitative estimate of drug-likeness (QED) is 0.795. The van der Waals surface area contributed by atoms with Gasteiger partial charge in [0.1, 0.15) is 11.8 Å². The van der Waals surface area contributed by atoms with Crippen molar-refractivity contribution in [3.63, 3.8) is 0 Å². The molecular formula is C11H12FNO. The van der Waals surface area contributed by atoms with E-state index in [1.165, 1.54) is 0 Å². The third kappa shape index (κ3) is 1.63. The molecule has 1 aromatic carbocycles. The molecule has 3 heteroatoms. The van der Waals surface area contributed by atoms with E-state index in [2.05, 4.69) is 0 Å². The van der Waals surface area contributed by atoms with Crippen molar-refractivity contribution in [3.05, 3.63) is 35.8 Å². The number of furan rings is 1. The molecule has 1 atom stereocenters. The molecule has 0 fully saturated rings. The Hall–Kier alpha value is -1.35. The van der Waals surface area contributed by atoms with Gasteiger partial charge in [-0.05, 0) is 31.0 Å². The molecule has 0 radical (unpaired) electrons. The van der Waals surface area contributed by atoms with E-state index in [-0.39, 0.29) is 11.9 Å². The summed E-state index contributed by atoms with van der Waals surface area (Å²) in [7, 11) is 0. The minimum absolute atomic E-state index is 0.0856. The fraction of sp³-hybridized carbons (Fsp3) is 0.273. The number of hydrogen-bond acceptors (Lipinski definition) is 2. The molecule has 0 aliphatic heterocycles. The van der Waals surface area contributed by atoms with Crippen LogP contribution in [0, 0.1) is 5.82 Å². The lowest BCUT2D eigenvalue weighted by Crippen LogP contribution is -2.17. The van der Waals surface area contributed by atoms with Crippen LogP contribution in [0.5, 0.6) is 0 Å². The van der Waals surface area contributed by atoms with E-state index in [0.29, 0.717) is 11.0 Å². The third-order valence-electron chi connectivity index (χ3n) is 2.15. The lowest BCUT2D eigenvalue weighted by molar-refractivity contribution is 0.558. The number of rotatable bonds is 2. The summed E-state index contributed by atoms with van der Waals surface area (Å²) in [5, 5.41) is 0.531. The SMILES string of the molecule is CC(N)Cc1ccc2occ(F)c2c1. The monoisotopic (exact) mass is 193 g/mol. The van der Waals surface area contributed by atoms with Crippen LogP contribution < -0.4 is 5.73 Å². The van der Waals surface area contributed by atoms with Crippen LogP contribution in [0.2, 0.25) is 0 Å². The summed E-state index contributed by atoms with van der Waals surface area (Å²) in [6.07, 6.45) is 1.88. The Kier molecular flexibility index (Phi) is 2.25. The minimum Gasteiger partial charge on any atom is -0.461 e. The summed E-state index contributed by atoms with van der Waals surface area (Å²) in [5.41, 5.74) is 7.28. The largest absolute Gasteiger partial charge is 0.461 e. The topological polar surface area (TPSA) is 39.2 Å². The smallest absolute Gasteiger partial charge is 0.169 e. The summed E-state index contributed by atoms with van der Waals surface area (Å²) in [6.45, 7) is 1.93. The van der Waals surface area contributed by atoms with Gasteiger partial charge in [0.25, 0.3) is 0 Å². The van der Waals surface area contributed by atoms with Crippen LogP contribution in [0.1, 0.15) is 12.5 Å². The van der Waals surface area contributed by atoms with E-state index >= 15 is 0 Å². The van der Waals surface area contributed by atoms with Crippen molar-refractivity contribution in [3.8, 4) is 0 Å². The van der Waals surface area contributed by atoms with Gasteiger partial charge in [0.05, 0.1) is 5.39 Å². The Balaban J connectivity index is 2.44. The summed E-state index contributed by atoms with van der Waals surface area (Å²) < 4.78 is 18.1. The molecule has 2 N–H and O–H groups in total. The molecule has 0 amide bonds. The van der Waals surface area contributed by atoms with E-state index < -0.39 is 0 Å². The first-order chi connectivity index (χ1) is 6.66. The van der Waals surface area contributed by atoms with Gasteiger partial charge in [-0.25, -0.2) is 4.39 Å². The van der Waals surface area contributed by atoms with Crippen LogP contribution in [-0.4, -0.2) is 6.04 Å². The molecule has 74 valence electrons. The van der Waals surface area contributed by atoms with Gasteiger partial charge >= 0.3 is 0 Å². The molecule has 1 aromatic heterocycles. The average Bonchev–Trinajstić information content (AvgIpc) is 2.47. The first-order valence-electron chi connectivity index (χ1n) is 4.58. The van der Waals surface area contributed by atoms with Crippen molar-refractivity contribution in [2.45, 2.75) is 19.4 Å². The van der Waals surface area contributed by atoms with Gasteiger partial charge in [0.2, 0.25) is 0 Å². The third-order valence-corrected chi connectivity index (χ3v) is 2.15. The second-order valence-electron chi connectivity index (χ2n) is 3.60. The molecule has 0 aliphatic carbocycles. The van der Waals surface area contributed by atoms with Crippen LogP contribution in [0.3, 0.4) is 0 Å².